The third kappa shape index (κ3) is 4.78. The highest BCUT2D eigenvalue weighted by Crippen LogP contribution is 2.30. The molecule has 0 heterocycles. The van der Waals surface area contributed by atoms with Gasteiger partial charge in [-0.1, -0.05) is 35.0 Å². The first-order valence-electron chi connectivity index (χ1n) is 6.97. The van der Waals surface area contributed by atoms with E-state index in [2.05, 4.69) is 39.9 Å². The van der Waals surface area contributed by atoms with E-state index in [1.165, 1.54) is 25.0 Å². The fraction of sp³-hybridized carbons (Fsp3) is 0.600. The second-order valence-corrected chi connectivity index (χ2v) is 7.56. The molecule has 1 aromatic rings. The van der Waals surface area contributed by atoms with Gasteiger partial charge >= 0.3 is 0 Å². The summed E-state index contributed by atoms with van der Waals surface area (Å²) < 4.78 is 1.02. The number of nitrogens with one attached hydrogen (secondary N) is 1. The summed E-state index contributed by atoms with van der Waals surface area (Å²) in [5, 5.41) is 14.5. The van der Waals surface area contributed by atoms with Crippen LogP contribution in [-0.4, -0.2) is 28.7 Å². The Morgan fingerprint density at radius 1 is 1.47 bits per heavy atom. The zero-order valence-corrected chi connectivity index (χ0v) is 13.7. The third-order valence-corrected chi connectivity index (χ3v) is 5.35. The van der Waals surface area contributed by atoms with Gasteiger partial charge in [-0.3, -0.25) is 0 Å². The monoisotopic (exact) mass is 343 g/mol. The lowest BCUT2D eigenvalue weighted by Crippen LogP contribution is -2.31. The SMILES string of the molecule is CCSC1CCC(NCC(O)c2cccc(Br)c2)C1. The minimum atomic E-state index is -0.421. The number of hydrogen-bond donors (Lipinski definition) is 2. The summed E-state index contributed by atoms with van der Waals surface area (Å²) in [6.07, 6.45) is 3.37. The average Bonchev–Trinajstić information content (AvgIpc) is 2.84. The van der Waals surface area contributed by atoms with Crippen molar-refractivity contribution in [1.29, 1.82) is 0 Å². The van der Waals surface area contributed by atoms with Crippen LogP contribution in [0, 0.1) is 0 Å². The minimum Gasteiger partial charge on any atom is -0.387 e. The third-order valence-electron chi connectivity index (χ3n) is 3.62. The lowest BCUT2D eigenvalue weighted by molar-refractivity contribution is 0.170. The van der Waals surface area contributed by atoms with Crippen LogP contribution in [0.15, 0.2) is 28.7 Å². The van der Waals surface area contributed by atoms with Crippen LogP contribution in [0.3, 0.4) is 0 Å². The maximum absolute atomic E-state index is 10.2. The Bertz CT molecular complexity index is 401. The topological polar surface area (TPSA) is 32.3 Å². The first-order valence-corrected chi connectivity index (χ1v) is 8.81. The van der Waals surface area contributed by atoms with Gasteiger partial charge in [0.25, 0.3) is 0 Å². The van der Waals surface area contributed by atoms with Gasteiger partial charge in [-0.2, -0.15) is 11.8 Å². The molecule has 4 heteroatoms. The van der Waals surface area contributed by atoms with Crippen LogP contribution in [0.2, 0.25) is 0 Å². The van der Waals surface area contributed by atoms with E-state index in [1.54, 1.807) is 0 Å². The van der Waals surface area contributed by atoms with E-state index in [4.69, 9.17) is 0 Å². The van der Waals surface area contributed by atoms with Gasteiger partial charge in [-0.15, -0.1) is 0 Å². The Hall–Kier alpha value is -0.0300. The first kappa shape index (κ1) is 15.4. The van der Waals surface area contributed by atoms with Gasteiger partial charge in [0.1, 0.15) is 0 Å². The predicted molar refractivity (Wildman–Crippen MR) is 86.7 cm³/mol. The molecule has 0 radical (unpaired) electrons. The molecule has 3 atom stereocenters. The summed E-state index contributed by atoms with van der Waals surface area (Å²) in [5.41, 5.74) is 0.972. The van der Waals surface area contributed by atoms with E-state index >= 15 is 0 Å². The van der Waals surface area contributed by atoms with Crippen molar-refractivity contribution in [2.45, 2.75) is 43.6 Å². The second-order valence-electron chi connectivity index (χ2n) is 5.07. The Labute approximate surface area is 128 Å². The van der Waals surface area contributed by atoms with Gasteiger partial charge in [0.2, 0.25) is 0 Å². The molecule has 0 aromatic heterocycles. The Kier molecular flexibility index (Phi) is 6.20. The maximum atomic E-state index is 10.2. The molecule has 1 aliphatic carbocycles. The largest absolute Gasteiger partial charge is 0.387 e. The van der Waals surface area contributed by atoms with Crippen molar-refractivity contribution < 1.29 is 5.11 Å². The molecule has 1 aromatic carbocycles. The zero-order valence-electron chi connectivity index (χ0n) is 11.3. The van der Waals surface area contributed by atoms with Crippen LogP contribution in [0.4, 0.5) is 0 Å². The quantitative estimate of drug-likeness (QED) is 0.824. The molecule has 2 rings (SSSR count). The van der Waals surface area contributed by atoms with Gasteiger partial charge in [0.15, 0.2) is 0 Å². The van der Waals surface area contributed by atoms with Crippen LogP contribution in [0.25, 0.3) is 0 Å². The number of aliphatic hydroxyl groups is 1. The van der Waals surface area contributed by atoms with Crippen molar-refractivity contribution >= 4 is 27.7 Å². The fourth-order valence-corrected chi connectivity index (χ4v) is 4.18. The molecule has 3 unspecified atom stereocenters. The van der Waals surface area contributed by atoms with E-state index in [1.807, 2.05) is 24.3 Å². The lowest BCUT2D eigenvalue weighted by atomic mass is 10.1. The molecule has 2 nitrogen and oxygen atoms in total. The summed E-state index contributed by atoms with van der Waals surface area (Å²) in [7, 11) is 0. The zero-order chi connectivity index (χ0) is 13.7. The van der Waals surface area contributed by atoms with E-state index in [0.29, 0.717) is 12.6 Å². The molecule has 1 saturated carbocycles. The van der Waals surface area contributed by atoms with E-state index in [9.17, 15) is 5.11 Å². The summed E-state index contributed by atoms with van der Waals surface area (Å²) in [5.74, 6) is 1.21. The summed E-state index contributed by atoms with van der Waals surface area (Å²) in [4.78, 5) is 0. The molecular weight excluding hydrogens is 322 g/mol. The number of aliphatic hydroxyl groups excluding tert-OH is 1. The van der Waals surface area contributed by atoms with Crippen LogP contribution >= 0.6 is 27.7 Å². The molecule has 106 valence electrons. The van der Waals surface area contributed by atoms with Gasteiger partial charge in [-0.05, 0) is 42.7 Å². The Balaban J connectivity index is 1.76. The number of hydrogen-bond acceptors (Lipinski definition) is 3. The smallest absolute Gasteiger partial charge is 0.0914 e. The van der Waals surface area contributed by atoms with Crippen molar-refractivity contribution in [2.75, 3.05) is 12.3 Å². The molecule has 0 amide bonds. The minimum absolute atomic E-state index is 0.421. The van der Waals surface area contributed by atoms with E-state index in [0.717, 1.165) is 15.3 Å². The van der Waals surface area contributed by atoms with Crippen molar-refractivity contribution in [3.8, 4) is 0 Å². The normalized spacial score (nSPS) is 24.6. The first-order chi connectivity index (χ1) is 9.19. The summed E-state index contributed by atoms with van der Waals surface area (Å²) in [6.45, 7) is 2.87. The van der Waals surface area contributed by atoms with Crippen LogP contribution in [-0.2, 0) is 0 Å². The molecule has 0 bridgehead atoms. The van der Waals surface area contributed by atoms with Crippen LogP contribution in [0.1, 0.15) is 37.9 Å². The van der Waals surface area contributed by atoms with E-state index in [-0.39, 0.29) is 0 Å². The standard InChI is InChI=1S/C15H22BrNOS/c1-2-19-14-7-6-13(9-14)17-10-15(18)11-4-3-5-12(16)8-11/h3-5,8,13-15,17-18H,2,6-7,9-10H2,1H3. The number of rotatable bonds is 6. The van der Waals surface area contributed by atoms with Crippen molar-refractivity contribution in [1.82, 2.24) is 5.32 Å². The Morgan fingerprint density at radius 3 is 3.05 bits per heavy atom. The number of thioether (sulfide) groups is 1. The number of benzene rings is 1. The molecule has 0 saturated heterocycles. The molecule has 2 N–H and O–H groups in total. The highest BCUT2D eigenvalue weighted by molar-refractivity contribution is 9.10. The molecular formula is C15H22BrNOS. The van der Waals surface area contributed by atoms with E-state index < -0.39 is 6.10 Å². The predicted octanol–water partition coefficient (Wildman–Crippen LogP) is 3.75. The average molecular weight is 344 g/mol. The van der Waals surface area contributed by atoms with Crippen molar-refractivity contribution in [2.24, 2.45) is 0 Å². The second kappa shape index (κ2) is 7.67. The molecule has 1 aliphatic rings. The van der Waals surface area contributed by atoms with Gasteiger partial charge < -0.3 is 10.4 Å². The fourth-order valence-electron chi connectivity index (χ4n) is 2.62. The van der Waals surface area contributed by atoms with Gasteiger partial charge in [0.05, 0.1) is 6.10 Å². The Morgan fingerprint density at radius 2 is 2.32 bits per heavy atom. The van der Waals surface area contributed by atoms with Gasteiger partial charge in [-0.25, -0.2) is 0 Å². The van der Waals surface area contributed by atoms with Crippen LogP contribution in [0.5, 0.6) is 0 Å². The summed E-state index contributed by atoms with van der Waals surface area (Å²) in [6, 6.07) is 8.48. The van der Waals surface area contributed by atoms with Crippen LogP contribution < -0.4 is 5.32 Å². The number of halogens is 1. The lowest BCUT2D eigenvalue weighted by Gasteiger charge is -2.17. The molecule has 0 spiro atoms. The molecule has 0 aliphatic heterocycles. The van der Waals surface area contributed by atoms with Gasteiger partial charge in [0, 0.05) is 22.3 Å². The molecule has 19 heavy (non-hydrogen) atoms. The van der Waals surface area contributed by atoms with Crippen molar-refractivity contribution in [3.63, 3.8) is 0 Å². The molecule has 1 fully saturated rings. The highest BCUT2D eigenvalue weighted by atomic mass is 79.9. The maximum Gasteiger partial charge on any atom is 0.0914 e. The summed E-state index contributed by atoms with van der Waals surface area (Å²) >= 11 is 5.51. The highest BCUT2D eigenvalue weighted by Gasteiger charge is 2.24. The van der Waals surface area contributed by atoms with Crippen molar-refractivity contribution in [3.05, 3.63) is 34.3 Å².